The van der Waals surface area contributed by atoms with Gasteiger partial charge < -0.3 is 15.0 Å². The van der Waals surface area contributed by atoms with Gasteiger partial charge in [-0.05, 0) is 30.9 Å². The molecule has 0 aliphatic heterocycles. The number of hydrogen-bond donors (Lipinski definition) is 2. The van der Waals surface area contributed by atoms with E-state index in [2.05, 4.69) is 12.2 Å². The number of aliphatic hydroxyl groups is 1. The van der Waals surface area contributed by atoms with Gasteiger partial charge in [-0.1, -0.05) is 19.8 Å². The van der Waals surface area contributed by atoms with E-state index in [1.165, 1.54) is 16.8 Å². The summed E-state index contributed by atoms with van der Waals surface area (Å²) in [6.07, 6.45) is 2.30. The second-order valence-corrected chi connectivity index (χ2v) is 6.05. The molecule has 1 amide bonds. The highest BCUT2D eigenvalue weighted by Gasteiger charge is 2.33. The highest BCUT2D eigenvalue weighted by molar-refractivity contribution is 5.92. The molecule has 2 N–H and O–H groups in total. The Bertz CT molecular complexity index is 490. The van der Waals surface area contributed by atoms with Gasteiger partial charge in [-0.15, -0.1) is 0 Å². The zero-order chi connectivity index (χ0) is 15.5. The lowest BCUT2D eigenvalue weighted by Crippen LogP contribution is -2.46. The van der Waals surface area contributed by atoms with Gasteiger partial charge >= 0.3 is 0 Å². The number of nitrogens with one attached hydrogen (secondary N) is 1. The molecule has 1 fully saturated rings. The third-order valence-corrected chi connectivity index (χ3v) is 4.04. The second-order valence-electron chi connectivity index (χ2n) is 6.05. The quantitative estimate of drug-likeness (QED) is 0.877. The molecule has 0 bridgehead atoms. The minimum atomic E-state index is -2.51. The first-order chi connectivity index (χ1) is 9.89. The predicted octanol–water partition coefficient (Wildman–Crippen LogP) is 2.42. The molecule has 1 aliphatic carbocycles. The first kappa shape index (κ1) is 15.9. The number of halogens is 2. The van der Waals surface area contributed by atoms with Crippen LogP contribution in [0, 0.1) is 5.92 Å². The van der Waals surface area contributed by atoms with E-state index < -0.39 is 24.5 Å². The van der Waals surface area contributed by atoms with Gasteiger partial charge in [0.25, 0.3) is 12.3 Å². The monoisotopic (exact) mass is 300 g/mol. The van der Waals surface area contributed by atoms with E-state index in [-0.39, 0.29) is 12.2 Å². The molecular weight excluding hydrogens is 278 g/mol. The molecule has 118 valence electrons. The van der Waals surface area contributed by atoms with Gasteiger partial charge in [-0.3, -0.25) is 4.79 Å². The Morgan fingerprint density at radius 3 is 3.05 bits per heavy atom. The van der Waals surface area contributed by atoms with Crippen LogP contribution in [0.1, 0.15) is 43.1 Å². The molecule has 1 heterocycles. The van der Waals surface area contributed by atoms with Crippen molar-refractivity contribution in [2.24, 2.45) is 5.92 Å². The number of alkyl halides is 2. The summed E-state index contributed by atoms with van der Waals surface area (Å²) in [5, 5.41) is 13.1. The van der Waals surface area contributed by atoms with Gasteiger partial charge in [0, 0.05) is 12.7 Å². The van der Waals surface area contributed by atoms with Crippen molar-refractivity contribution in [3.8, 4) is 0 Å². The number of hydrogen-bond acceptors (Lipinski definition) is 2. The van der Waals surface area contributed by atoms with Gasteiger partial charge in [0.1, 0.15) is 5.69 Å². The fourth-order valence-electron chi connectivity index (χ4n) is 3.06. The van der Waals surface area contributed by atoms with E-state index in [1.54, 1.807) is 6.07 Å². The van der Waals surface area contributed by atoms with Crippen molar-refractivity contribution in [2.75, 3.05) is 6.54 Å². The lowest BCUT2D eigenvalue weighted by atomic mass is 9.79. The van der Waals surface area contributed by atoms with Crippen LogP contribution in [0.3, 0.4) is 0 Å². The Balaban J connectivity index is 1.94. The van der Waals surface area contributed by atoms with E-state index in [4.69, 9.17) is 0 Å². The predicted molar refractivity (Wildman–Crippen MR) is 75.4 cm³/mol. The standard InChI is InChI=1S/C15H22F2N2O2/c1-11-4-2-6-15(21,8-11)10-18-14(20)12-5-3-7-19(12)9-13(16)17/h3,5,7,11,13,21H,2,4,6,8-10H2,1H3,(H,18,20). The van der Waals surface area contributed by atoms with Crippen molar-refractivity contribution < 1.29 is 18.7 Å². The number of aromatic nitrogens is 1. The SMILES string of the molecule is CC1CCCC(O)(CNC(=O)c2cccn2CC(F)F)C1. The van der Waals surface area contributed by atoms with E-state index in [9.17, 15) is 18.7 Å². The first-order valence-electron chi connectivity index (χ1n) is 7.33. The van der Waals surface area contributed by atoms with Crippen molar-refractivity contribution in [1.29, 1.82) is 0 Å². The smallest absolute Gasteiger partial charge is 0.268 e. The average Bonchev–Trinajstić information content (AvgIpc) is 2.83. The molecule has 1 aliphatic rings. The van der Waals surface area contributed by atoms with Crippen LogP contribution in [0.2, 0.25) is 0 Å². The van der Waals surface area contributed by atoms with E-state index in [0.717, 1.165) is 12.8 Å². The van der Waals surface area contributed by atoms with E-state index in [0.29, 0.717) is 18.8 Å². The molecule has 4 nitrogen and oxygen atoms in total. The van der Waals surface area contributed by atoms with Crippen molar-refractivity contribution in [3.05, 3.63) is 24.0 Å². The zero-order valence-corrected chi connectivity index (χ0v) is 12.2. The third-order valence-electron chi connectivity index (χ3n) is 4.04. The summed E-state index contributed by atoms with van der Waals surface area (Å²) in [7, 11) is 0. The molecule has 2 atom stereocenters. The minimum Gasteiger partial charge on any atom is -0.388 e. The number of carbonyl (C=O) groups is 1. The fourth-order valence-corrected chi connectivity index (χ4v) is 3.06. The van der Waals surface area contributed by atoms with Gasteiger partial charge in [0.05, 0.1) is 12.1 Å². The second kappa shape index (κ2) is 6.56. The lowest BCUT2D eigenvalue weighted by Gasteiger charge is -2.35. The maximum Gasteiger partial charge on any atom is 0.268 e. The Morgan fingerprint density at radius 2 is 2.38 bits per heavy atom. The highest BCUT2D eigenvalue weighted by atomic mass is 19.3. The van der Waals surface area contributed by atoms with Crippen LogP contribution in [0.4, 0.5) is 8.78 Å². The average molecular weight is 300 g/mol. The molecule has 1 aromatic rings. The molecule has 0 aromatic carbocycles. The van der Waals surface area contributed by atoms with Crippen LogP contribution < -0.4 is 5.32 Å². The largest absolute Gasteiger partial charge is 0.388 e. The topological polar surface area (TPSA) is 54.3 Å². The Hall–Kier alpha value is -1.43. The fraction of sp³-hybridized carbons (Fsp3) is 0.667. The normalized spacial score (nSPS) is 26.0. The first-order valence-corrected chi connectivity index (χ1v) is 7.33. The van der Waals surface area contributed by atoms with Gasteiger partial charge in [-0.2, -0.15) is 0 Å². The molecule has 2 rings (SSSR count). The Kier molecular flexibility index (Phi) is 4.98. The van der Waals surface area contributed by atoms with Gasteiger partial charge in [0.15, 0.2) is 0 Å². The maximum atomic E-state index is 12.4. The van der Waals surface area contributed by atoms with Crippen LogP contribution in [0.25, 0.3) is 0 Å². The molecule has 1 saturated carbocycles. The van der Waals surface area contributed by atoms with Crippen molar-refractivity contribution in [3.63, 3.8) is 0 Å². The summed E-state index contributed by atoms with van der Waals surface area (Å²) in [6, 6.07) is 3.07. The van der Waals surface area contributed by atoms with Crippen LogP contribution in [-0.4, -0.2) is 34.2 Å². The number of amides is 1. The lowest BCUT2D eigenvalue weighted by molar-refractivity contribution is -0.0110. The number of nitrogens with zero attached hydrogens (tertiary/aromatic N) is 1. The van der Waals surface area contributed by atoms with E-state index in [1.807, 2.05) is 0 Å². The van der Waals surface area contributed by atoms with Crippen LogP contribution in [0.5, 0.6) is 0 Å². The summed E-state index contributed by atoms with van der Waals surface area (Å²) in [5.41, 5.74) is -0.684. The minimum absolute atomic E-state index is 0.163. The van der Waals surface area contributed by atoms with Crippen LogP contribution >= 0.6 is 0 Å². The summed E-state index contributed by atoms with van der Waals surface area (Å²) < 4.78 is 26.1. The van der Waals surface area contributed by atoms with Crippen LogP contribution in [-0.2, 0) is 6.54 Å². The highest BCUT2D eigenvalue weighted by Crippen LogP contribution is 2.31. The maximum absolute atomic E-state index is 12.4. The zero-order valence-electron chi connectivity index (χ0n) is 12.2. The van der Waals surface area contributed by atoms with Crippen LogP contribution in [0.15, 0.2) is 18.3 Å². The summed E-state index contributed by atoms with van der Waals surface area (Å²) in [4.78, 5) is 12.1. The summed E-state index contributed by atoms with van der Waals surface area (Å²) in [5.74, 6) is 0.00986. The Morgan fingerprint density at radius 1 is 1.62 bits per heavy atom. The van der Waals surface area contributed by atoms with Crippen molar-refractivity contribution >= 4 is 5.91 Å². The molecule has 21 heavy (non-hydrogen) atoms. The molecule has 0 spiro atoms. The molecule has 1 aromatic heterocycles. The number of carbonyl (C=O) groups excluding carboxylic acids is 1. The number of rotatable bonds is 5. The summed E-state index contributed by atoms with van der Waals surface area (Å²) in [6.45, 7) is 1.74. The van der Waals surface area contributed by atoms with Crippen molar-refractivity contribution in [1.82, 2.24) is 9.88 Å². The Labute approximate surface area is 123 Å². The third kappa shape index (κ3) is 4.27. The molecule has 6 heteroatoms. The van der Waals surface area contributed by atoms with Crippen molar-refractivity contribution in [2.45, 2.75) is 51.2 Å². The molecule has 0 saturated heterocycles. The molecule has 0 radical (unpaired) electrons. The summed E-state index contributed by atoms with van der Waals surface area (Å²) >= 11 is 0. The van der Waals surface area contributed by atoms with Gasteiger partial charge in [0.2, 0.25) is 0 Å². The molecule has 2 unspecified atom stereocenters. The van der Waals surface area contributed by atoms with E-state index >= 15 is 0 Å². The van der Waals surface area contributed by atoms with Gasteiger partial charge in [-0.25, -0.2) is 8.78 Å². The molecular formula is C15H22F2N2O2.